The highest BCUT2D eigenvalue weighted by Crippen LogP contribution is 2.21. The third-order valence-corrected chi connectivity index (χ3v) is 3.62. The van der Waals surface area contributed by atoms with Crippen molar-refractivity contribution in [2.75, 3.05) is 6.61 Å². The predicted molar refractivity (Wildman–Crippen MR) is 76.4 cm³/mol. The lowest BCUT2D eigenvalue weighted by molar-refractivity contribution is -0.142. The number of hydrogen-bond acceptors (Lipinski definition) is 4. The first-order valence-electron chi connectivity index (χ1n) is 5.55. The van der Waals surface area contributed by atoms with E-state index < -0.39 is 0 Å². The maximum Gasteiger partial charge on any atom is 0.306 e. The van der Waals surface area contributed by atoms with Crippen LogP contribution in [-0.2, 0) is 9.53 Å². The van der Waals surface area contributed by atoms with E-state index in [0.717, 1.165) is 9.76 Å². The van der Waals surface area contributed by atoms with Gasteiger partial charge < -0.3 is 4.74 Å². The van der Waals surface area contributed by atoms with Crippen molar-refractivity contribution in [2.24, 2.45) is 0 Å². The molecule has 0 saturated heterocycles. The second-order valence-corrected chi connectivity index (χ2v) is 5.71. The molecular weight excluding hydrogens is 252 g/mol. The van der Waals surface area contributed by atoms with Crippen LogP contribution in [0.4, 0.5) is 0 Å². The van der Waals surface area contributed by atoms with Gasteiger partial charge in [0.1, 0.15) is 0 Å². The summed E-state index contributed by atoms with van der Waals surface area (Å²) in [5.41, 5.74) is 1.03. The summed E-state index contributed by atoms with van der Waals surface area (Å²) in [7, 11) is 0. The average Bonchev–Trinajstić information content (AvgIpc) is 2.30. The number of thiocarbonyl (C=S) groups is 1. The number of carbonyl (C=O) groups is 1. The van der Waals surface area contributed by atoms with Crippen LogP contribution in [0, 0.1) is 0 Å². The first kappa shape index (κ1) is 14.2. The van der Waals surface area contributed by atoms with Crippen molar-refractivity contribution in [2.45, 2.75) is 25.5 Å². The molecule has 0 aliphatic rings. The number of hydrogen-bond donors (Lipinski definition) is 0. The summed E-state index contributed by atoms with van der Waals surface area (Å²) in [6.45, 7) is 4.22. The zero-order valence-electron chi connectivity index (χ0n) is 10.0. The minimum Gasteiger partial charge on any atom is -0.466 e. The van der Waals surface area contributed by atoms with Gasteiger partial charge in [-0.2, -0.15) is 0 Å². The molecule has 4 heteroatoms. The van der Waals surface area contributed by atoms with Crippen LogP contribution < -0.4 is 0 Å². The van der Waals surface area contributed by atoms with Gasteiger partial charge >= 0.3 is 5.97 Å². The topological polar surface area (TPSA) is 26.3 Å². The predicted octanol–water partition coefficient (Wildman–Crippen LogP) is 3.44. The van der Waals surface area contributed by atoms with Gasteiger partial charge in [-0.15, -0.1) is 11.8 Å². The van der Waals surface area contributed by atoms with Gasteiger partial charge in [-0.25, -0.2) is 0 Å². The van der Waals surface area contributed by atoms with E-state index in [1.54, 1.807) is 0 Å². The fourth-order valence-electron chi connectivity index (χ4n) is 1.32. The molecule has 0 aliphatic heterocycles. The molecule has 0 N–H and O–H groups in total. The highest BCUT2D eigenvalue weighted by atomic mass is 32.2. The molecule has 0 saturated carbocycles. The molecule has 0 aliphatic carbocycles. The first-order valence-corrected chi connectivity index (χ1v) is 6.84. The Morgan fingerprint density at radius 2 is 2.06 bits per heavy atom. The van der Waals surface area contributed by atoms with Gasteiger partial charge in [0.2, 0.25) is 0 Å². The van der Waals surface area contributed by atoms with E-state index in [0.29, 0.717) is 13.0 Å². The number of thioether (sulfide) groups is 1. The maximum atomic E-state index is 11.3. The first-order chi connectivity index (χ1) is 8.13. The lowest BCUT2D eigenvalue weighted by atomic mass is 10.2. The van der Waals surface area contributed by atoms with Crippen LogP contribution in [0.1, 0.15) is 25.8 Å². The second-order valence-electron chi connectivity index (χ2n) is 3.59. The van der Waals surface area contributed by atoms with Gasteiger partial charge in [0, 0.05) is 5.25 Å². The third-order valence-electron chi connectivity index (χ3n) is 2.08. The van der Waals surface area contributed by atoms with Crippen molar-refractivity contribution in [3.63, 3.8) is 0 Å². The number of rotatable bonds is 5. The number of benzene rings is 1. The third kappa shape index (κ3) is 5.33. The van der Waals surface area contributed by atoms with Gasteiger partial charge in [0.25, 0.3) is 0 Å². The summed E-state index contributed by atoms with van der Waals surface area (Å²) >= 11 is 6.86. The van der Waals surface area contributed by atoms with Crippen LogP contribution in [0.2, 0.25) is 0 Å². The van der Waals surface area contributed by atoms with Crippen LogP contribution in [0.3, 0.4) is 0 Å². The molecular formula is C13H16O2S2. The van der Waals surface area contributed by atoms with E-state index in [1.165, 1.54) is 11.8 Å². The molecule has 1 aromatic rings. The van der Waals surface area contributed by atoms with E-state index in [4.69, 9.17) is 17.0 Å². The molecule has 1 atom stereocenters. The molecule has 1 aromatic carbocycles. The van der Waals surface area contributed by atoms with Crippen LogP contribution in [0.25, 0.3) is 0 Å². The molecule has 0 fully saturated rings. The van der Waals surface area contributed by atoms with Gasteiger partial charge in [0.15, 0.2) is 0 Å². The fraction of sp³-hybridized carbons (Fsp3) is 0.385. The Morgan fingerprint density at radius 3 is 2.65 bits per heavy atom. The monoisotopic (exact) mass is 268 g/mol. The lowest BCUT2D eigenvalue weighted by Gasteiger charge is -2.11. The van der Waals surface area contributed by atoms with Crippen LogP contribution in [0.5, 0.6) is 0 Å². The standard InChI is InChI=1S/C13H16O2S2/c1-3-15-12(14)9-10(2)17-13(16)11-7-5-4-6-8-11/h4-8,10H,3,9H2,1-2H3. The van der Waals surface area contributed by atoms with Crippen LogP contribution in [-0.4, -0.2) is 22.0 Å². The van der Waals surface area contributed by atoms with Crippen LogP contribution >= 0.6 is 24.0 Å². The summed E-state index contributed by atoms with van der Waals surface area (Å²) in [5, 5.41) is 0.141. The Hall–Kier alpha value is -0.870. The fourth-order valence-corrected chi connectivity index (χ4v) is 2.81. The van der Waals surface area contributed by atoms with Crippen molar-refractivity contribution >= 4 is 34.1 Å². The molecule has 0 amide bonds. The van der Waals surface area contributed by atoms with E-state index in [9.17, 15) is 4.79 Å². The molecule has 2 nitrogen and oxygen atoms in total. The van der Waals surface area contributed by atoms with E-state index in [2.05, 4.69) is 0 Å². The van der Waals surface area contributed by atoms with Gasteiger partial charge in [-0.3, -0.25) is 4.79 Å². The van der Waals surface area contributed by atoms with Gasteiger partial charge in [0.05, 0.1) is 17.2 Å². The van der Waals surface area contributed by atoms with Gasteiger partial charge in [-0.05, 0) is 12.5 Å². The van der Waals surface area contributed by atoms with Crippen molar-refractivity contribution in [1.82, 2.24) is 0 Å². The molecule has 0 spiro atoms. The van der Waals surface area contributed by atoms with Crippen LogP contribution in [0.15, 0.2) is 30.3 Å². The van der Waals surface area contributed by atoms with Gasteiger partial charge in [-0.1, -0.05) is 49.5 Å². The van der Waals surface area contributed by atoms with E-state index >= 15 is 0 Å². The Morgan fingerprint density at radius 1 is 1.41 bits per heavy atom. The minimum absolute atomic E-state index is 0.141. The zero-order chi connectivity index (χ0) is 12.7. The quantitative estimate of drug-likeness (QED) is 0.603. The smallest absolute Gasteiger partial charge is 0.306 e. The number of esters is 1. The van der Waals surface area contributed by atoms with E-state index in [-0.39, 0.29) is 11.2 Å². The van der Waals surface area contributed by atoms with Crippen molar-refractivity contribution in [1.29, 1.82) is 0 Å². The molecule has 1 unspecified atom stereocenters. The second kappa shape index (κ2) is 7.45. The van der Waals surface area contributed by atoms with Crippen molar-refractivity contribution < 1.29 is 9.53 Å². The largest absolute Gasteiger partial charge is 0.466 e. The molecule has 92 valence electrons. The SMILES string of the molecule is CCOC(=O)CC(C)SC(=S)c1ccccc1. The van der Waals surface area contributed by atoms with E-state index in [1.807, 2.05) is 44.2 Å². The summed E-state index contributed by atoms with van der Waals surface area (Å²) < 4.78 is 5.73. The van der Waals surface area contributed by atoms with Crippen molar-refractivity contribution in [3.05, 3.63) is 35.9 Å². The maximum absolute atomic E-state index is 11.3. The molecule has 0 heterocycles. The highest BCUT2D eigenvalue weighted by Gasteiger charge is 2.13. The molecule has 0 radical (unpaired) electrons. The Labute approximate surface area is 112 Å². The Kier molecular flexibility index (Phi) is 6.22. The molecule has 0 bridgehead atoms. The van der Waals surface area contributed by atoms with Crippen molar-refractivity contribution in [3.8, 4) is 0 Å². The Bertz CT molecular complexity index is 376. The summed E-state index contributed by atoms with van der Waals surface area (Å²) in [6.07, 6.45) is 0.394. The summed E-state index contributed by atoms with van der Waals surface area (Å²) in [4.78, 5) is 11.3. The molecule has 0 aromatic heterocycles. The highest BCUT2D eigenvalue weighted by molar-refractivity contribution is 8.24. The zero-order valence-corrected chi connectivity index (χ0v) is 11.6. The normalized spacial score (nSPS) is 11.9. The molecule has 17 heavy (non-hydrogen) atoms. The minimum atomic E-state index is -0.164. The number of carbonyl (C=O) groups excluding carboxylic acids is 1. The summed E-state index contributed by atoms with van der Waals surface area (Å²) in [6, 6.07) is 9.83. The lowest BCUT2D eigenvalue weighted by Crippen LogP contribution is -2.12. The summed E-state index contributed by atoms with van der Waals surface area (Å²) in [5.74, 6) is -0.164. The number of ether oxygens (including phenoxy) is 1. The Balaban J connectivity index is 2.44. The average molecular weight is 268 g/mol. The molecule has 1 rings (SSSR count).